The van der Waals surface area contributed by atoms with Crippen molar-refractivity contribution in [2.24, 2.45) is 5.41 Å². The second-order valence-corrected chi connectivity index (χ2v) is 7.07. The Morgan fingerprint density at radius 2 is 1.71 bits per heavy atom. The van der Waals surface area contributed by atoms with Crippen LogP contribution in [0.2, 0.25) is 0 Å². The molecular formula is C19H28N2. The maximum atomic E-state index is 3.71. The van der Waals surface area contributed by atoms with Crippen molar-refractivity contribution in [1.29, 1.82) is 0 Å². The molecule has 2 rings (SSSR count). The molecule has 1 N–H and O–H groups in total. The second kappa shape index (κ2) is 6.59. The van der Waals surface area contributed by atoms with E-state index in [1.165, 1.54) is 16.3 Å². The van der Waals surface area contributed by atoms with Crippen LogP contribution >= 0.6 is 0 Å². The summed E-state index contributed by atoms with van der Waals surface area (Å²) in [6.45, 7) is 8.98. The summed E-state index contributed by atoms with van der Waals surface area (Å²) in [7, 11) is 4.27. The van der Waals surface area contributed by atoms with Crippen LogP contribution in [0.15, 0.2) is 42.5 Å². The summed E-state index contributed by atoms with van der Waals surface area (Å²) in [5.41, 5.74) is 1.65. The quantitative estimate of drug-likeness (QED) is 0.860. The van der Waals surface area contributed by atoms with Crippen LogP contribution in [0, 0.1) is 5.41 Å². The van der Waals surface area contributed by atoms with E-state index < -0.39 is 0 Å². The van der Waals surface area contributed by atoms with Crippen molar-refractivity contribution in [2.45, 2.75) is 26.8 Å². The van der Waals surface area contributed by atoms with Crippen LogP contribution in [-0.2, 0) is 0 Å². The lowest BCUT2D eigenvalue weighted by Gasteiger charge is -2.30. The van der Waals surface area contributed by atoms with Gasteiger partial charge in [-0.1, -0.05) is 56.3 Å². The van der Waals surface area contributed by atoms with Crippen molar-refractivity contribution in [3.05, 3.63) is 48.0 Å². The van der Waals surface area contributed by atoms with Crippen LogP contribution in [0.25, 0.3) is 10.8 Å². The van der Waals surface area contributed by atoms with Gasteiger partial charge in [0.25, 0.3) is 0 Å². The fourth-order valence-electron chi connectivity index (χ4n) is 3.08. The number of nitrogens with one attached hydrogen (secondary N) is 1. The van der Waals surface area contributed by atoms with Gasteiger partial charge < -0.3 is 10.2 Å². The zero-order chi connectivity index (χ0) is 15.5. The van der Waals surface area contributed by atoms with Crippen LogP contribution in [0.1, 0.15) is 32.4 Å². The minimum absolute atomic E-state index is 0.266. The van der Waals surface area contributed by atoms with Crippen LogP contribution < -0.4 is 5.32 Å². The summed E-state index contributed by atoms with van der Waals surface area (Å²) in [4.78, 5) is 2.25. The standard InChI is InChI=1S/C19H28N2/c1-15(20-13-19(2,3)14-21(4)5)17-12-8-10-16-9-6-7-11-18(16)17/h6-12,15,20H,13-14H2,1-5H3. The van der Waals surface area contributed by atoms with E-state index >= 15 is 0 Å². The molecule has 0 bridgehead atoms. The highest BCUT2D eigenvalue weighted by molar-refractivity contribution is 5.86. The highest BCUT2D eigenvalue weighted by atomic mass is 15.1. The Labute approximate surface area is 129 Å². The molecule has 2 nitrogen and oxygen atoms in total. The average molecular weight is 284 g/mol. The van der Waals surface area contributed by atoms with Gasteiger partial charge in [0.15, 0.2) is 0 Å². The predicted octanol–water partition coefficient (Wildman–Crippen LogP) is 4.08. The molecule has 0 heterocycles. The van der Waals surface area contributed by atoms with Gasteiger partial charge in [-0.25, -0.2) is 0 Å². The van der Waals surface area contributed by atoms with E-state index in [-0.39, 0.29) is 5.41 Å². The monoisotopic (exact) mass is 284 g/mol. The van der Waals surface area contributed by atoms with E-state index in [9.17, 15) is 0 Å². The maximum absolute atomic E-state index is 3.71. The highest BCUT2D eigenvalue weighted by Crippen LogP contribution is 2.25. The lowest BCUT2D eigenvalue weighted by Crippen LogP contribution is -2.38. The molecule has 0 spiro atoms. The number of rotatable bonds is 6. The molecule has 2 heteroatoms. The fraction of sp³-hybridized carbons (Fsp3) is 0.474. The molecule has 1 atom stereocenters. The molecule has 0 aliphatic rings. The van der Waals surface area contributed by atoms with Gasteiger partial charge in [0, 0.05) is 19.1 Å². The predicted molar refractivity (Wildman–Crippen MR) is 92.7 cm³/mol. The zero-order valence-corrected chi connectivity index (χ0v) is 14.0. The molecule has 2 aromatic carbocycles. The van der Waals surface area contributed by atoms with Gasteiger partial charge in [0.2, 0.25) is 0 Å². The van der Waals surface area contributed by atoms with Crippen LogP contribution in [-0.4, -0.2) is 32.1 Å². The topological polar surface area (TPSA) is 15.3 Å². The van der Waals surface area contributed by atoms with Crippen molar-refractivity contribution >= 4 is 10.8 Å². The number of hydrogen-bond acceptors (Lipinski definition) is 2. The first-order valence-corrected chi connectivity index (χ1v) is 7.75. The van der Waals surface area contributed by atoms with E-state index in [1.807, 2.05) is 0 Å². The van der Waals surface area contributed by atoms with E-state index in [4.69, 9.17) is 0 Å². The molecule has 0 amide bonds. The van der Waals surface area contributed by atoms with Crippen molar-refractivity contribution < 1.29 is 0 Å². The summed E-state index contributed by atoms with van der Waals surface area (Å²) < 4.78 is 0. The Morgan fingerprint density at radius 3 is 2.43 bits per heavy atom. The van der Waals surface area contributed by atoms with Gasteiger partial charge in [-0.3, -0.25) is 0 Å². The normalized spacial score (nSPS) is 13.8. The third kappa shape index (κ3) is 4.29. The minimum Gasteiger partial charge on any atom is -0.310 e. The van der Waals surface area contributed by atoms with Crippen LogP contribution in [0.3, 0.4) is 0 Å². The van der Waals surface area contributed by atoms with Crippen molar-refractivity contribution in [3.8, 4) is 0 Å². The average Bonchev–Trinajstić information content (AvgIpc) is 2.43. The fourth-order valence-corrected chi connectivity index (χ4v) is 3.08. The van der Waals surface area contributed by atoms with Gasteiger partial charge in [0.05, 0.1) is 0 Å². The summed E-state index contributed by atoms with van der Waals surface area (Å²) in [6.07, 6.45) is 0. The first-order chi connectivity index (χ1) is 9.89. The molecule has 0 aliphatic heterocycles. The zero-order valence-electron chi connectivity index (χ0n) is 14.0. The van der Waals surface area contributed by atoms with E-state index in [2.05, 4.69) is 87.5 Å². The molecule has 0 saturated heterocycles. The Hall–Kier alpha value is -1.38. The molecule has 21 heavy (non-hydrogen) atoms. The summed E-state index contributed by atoms with van der Waals surface area (Å²) in [5.74, 6) is 0. The van der Waals surface area contributed by atoms with Gasteiger partial charge in [0.1, 0.15) is 0 Å². The van der Waals surface area contributed by atoms with Crippen molar-refractivity contribution in [1.82, 2.24) is 10.2 Å². The third-order valence-electron chi connectivity index (χ3n) is 3.92. The summed E-state index contributed by atoms with van der Waals surface area (Å²) >= 11 is 0. The maximum Gasteiger partial charge on any atom is 0.0298 e. The number of hydrogen-bond donors (Lipinski definition) is 1. The van der Waals surface area contributed by atoms with Crippen LogP contribution in [0.5, 0.6) is 0 Å². The Morgan fingerprint density at radius 1 is 1.05 bits per heavy atom. The van der Waals surface area contributed by atoms with Crippen LogP contribution in [0.4, 0.5) is 0 Å². The molecule has 114 valence electrons. The van der Waals surface area contributed by atoms with E-state index in [0.717, 1.165) is 13.1 Å². The Bertz CT molecular complexity index is 582. The number of nitrogens with zero attached hydrogens (tertiary/aromatic N) is 1. The van der Waals surface area contributed by atoms with E-state index in [1.54, 1.807) is 0 Å². The van der Waals surface area contributed by atoms with E-state index in [0.29, 0.717) is 6.04 Å². The first-order valence-electron chi connectivity index (χ1n) is 7.75. The summed E-state index contributed by atoms with van der Waals surface area (Å²) in [5, 5.41) is 6.38. The number of benzene rings is 2. The Kier molecular flexibility index (Phi) is 5.02. The first kappa shape index (κ1) is 16.0. The van der Waals surface area contributed by atoms with Crippen molar-refractivity contribution in [3.63, 3.8) is 0 Å². The third-order valence-corrected chi connectivity index (χ3v) is 3.92. The molecular weight excluding hydrogens is 256 g/mol. The SMILES string of the molecule is CC(NCC(C)(C)CN(C)C)c1cccc2ccccc12. The van der Waals surface area contributed by atoms with Gasteiger partial charge in [-0.05, 0) is 42.8 Å². The molecule has 0 aliphatic carbocycles. The Balaban J connectivity index is 2.11. The number of fused-ring (bicyclic) bond motifs is 1. The molecule has 1 unspecified atom stereocenters. The summed E-state index contributed by atoms with van der Waals surface area (Å²) in [6, 6.07) is 15.5. The largest absolute Gasteiger partial charge is 0.310 e. The molecule has 0 saturated carbocycles. The second-order valence-electron chi connectivity index (χ2n) is 7.07. The smallest absolute Gasteiger partial charge is 0.0298 e. The van der Waals surface area contributed by atoms with Gasteiger partial charge in [-0.2, -0.15) is 0 Å². The van der Waals surface area contributed by atoms with Gasteiger partial charge >= 0.3 is 0 Å². The lowest BCUT2D eigenvalue weighted by molar-refractivity contribution is 0.227. The minimum atomic E-state index is 0.266. The lowest BCUT2D eigenvalue weighted by atomic mass is 9.91. The molecule has 2 aromatic rings. The van der Waals surface area contributed by atoms with Gasteiger partial charge in [-0.15, -0.1) is 0 Å². The molecule has 0 aromatic heterocycles. The highest BCUT2D eigenvalue weighted by Gasteiger charge is 2.20. The molecule has 0 radical (unpaired) electrons. The molecule has 0 fully saturated rings. The van der Waals surface area contributed by atoms with Crippen molar-refractivity contribution in [2.75, 3.05) is 27.2 Å².